The number of hydrogen-bond donors (Lipinski definition) is 1. The van der Waals surface area contributed by atoms with Gasteiger partial charge in [0.25, 0.3) is 0 Å². The predicted molar refractivity (Wildman–Crippen MR) is 82.2 cm³/mol. The zero-order valence-electron chi connectivity index (χ0n) is 11.9. The van der Waals surface area contributed by atoms with Gasteiger partial charge in [0.15, 0.2) is 0 Å². The van der Waals surface area contributed by atoms with Crippen molar-refractivity contribution < 1.29 is 8.42 Å². The number of sulfonamides is 1. The van der Waals surface area contributed by atoms with E-state index < -0.39 is 10.0 Å². The fourth-order valence-electron chi connectivity index (χ4n) is 1.77. The van der Waals surface area contributed by atoms with E-state index >= 15 is 0 Å². The van der Waals surface area contributed by atoms with E-state index in [4.69, 9.17) is 0 Å². The number of nitrogens with zero attached hydrogens (tertiary/aromatic N) is 1. The highest BCUT2D eigenvalue weighted by molar-refractivity contribution is 7.89. The second-order valence-corrected chi connectivity index (χ2v) is 7.90. The van der Waals surface area contributed by atoms with Crippen molar-refractivity contribution in [3.05, 3.63) is 22.4 Å². The third-order valence-corrected chi connectivity index (χ3v) is 5.96. The van der Waals surface area contributed by atoms with Crippen molar-refractivity contribution in [3.8, 4) is 0 Å². The number of likely N-dealkylation sites (N-methyl/N-ethyl adjacent to an activating group) is 1. The molecule has 6 heteroatoms. The number of rotatable bonds is 9. The van der Waals surface area contributed by atoms with E-state index in [2.05, 4.69) is 12.2 Å². The molecule has 0 saturated carbocycles. The Hall–Kier alpha value is -0.430. The summed E-state index contributed by atoms with van der Waals surface area (Å²) in [5.41, 5.74) is 0. The molecule has 1 unspecified atom stereocenters. The normalized spacial score (nSPS) is 13.9. The lowest BCUT2D eigenvalue weighted by molar-refractivity contribution is 0.388. The van der Waals surface area contributed by atoms with Crippen LogP contribution in [0, 0.1) is 0 Å². The van der Waals surface area contributed by atoms with Crippen LogP contribution in [0.3, 0.4) is 0 Å². The van der Waals surface area contributed by atoms with Crippen molar-refractivity contribution in [2.24, 2.45) is 0 Å². The van der Waals surface area contributed by atoms with Gasteiger partial charge in [0, 0.05) is 24.5 Å². The van der Waals surface area contributed by atoms with E-state index in [1.54, 1.807) is 18.4 Å². The van der Waals surface area contributed by atoms with Gasteiger partial charge in [0.05, 0.1) is 5.75 Å². The average molecular weight is 304 g/mol. The molecule has 0 fully saturated rings. The highest BCUT2D eigenvalue weighted by Crippen LogP contribution is 2.15. The molecule has 1 rings (SSSR count). The quantitative estimate of drug-likeness (QED) is 0.709. The van der Waals surface area contributed by atoms with Gasteiger partial charge in [-0.3, -0.25) is 0 Å². The van der Waals surface area contributed by atoms with E-state index in [1.165, 1.54) is 9.18 Å². The summed E-state index contributed by atoms with van der Waals surface area (Å²) in [6, 6.07) is 4.04. The van der Waals surface area contributed by atoms with Crippen molar-refractivity contribution in [2.75, 3.05) is 25.9 Å². The minimum atomic E-state index is -3.17. The SMILES string of the molecule is CCCNCCS(=O)(=O)N(C)C(C)Cc1cccs1. The van der Waals surface area contributed by atoms with Gasteiger partial charge in [-0.1, -0.05) is 13.0 Å². The van der Waals surface area contributed by atoms with Crippen molar-refractivity contribution >= 4 is 21.4 Å². The van der Waals surface area contributed by atoms with Crippen LogP contribution in [0.15, 0.2) is 17.5 Å². The predicted octanol–water partition coefficient (Wildman–Crippen LogP) is 1.94. The lowest BCUT2D eigenvalue weighted by atomic mass is 10.2. The fraction of sp³-hybridized carbons (Fsp3) is 0.692. The van der Waals surface area contributed by atoms with E-state index in [0.717, 1.165) is 19.4 Å². The molecule has 0 aliphatic heterocycles. The Bertz CT molecular complexity index is 443. The lowest BCUT2D eigenvalue weighted by Gasteiger charge is -2.24. The summed E-state index contributed by atoms with van der Waals surface area (Å²) >= 11 is 1.67. The summed E-state index contributed by atoms with van der Waals surface area (Å²) in [7, 11) is -1.49. The van der Waals surface area contributed by atoms with Gasteiger partial charge in [0.2, 0.25) is 10.0 Å². The van der Waals surface area contributed by atoms with Crippen LogP contribution in [-0.2, 0) is 16.4 Å². The first kappa shape index (κ1) is 16.6. The molecule has 1 heterocycles. The minimum absolute atomic E-state index is 0.00479. The second kappa shape index (κ2) is 7.99. The molecule has 19 heavy (non-hydrogen) atoms. The maximum Gasteiger partial charge on any atom is 0.215 e. The standard InChI is InChI=1S/C13H24N2O2S2/c1-4-7-14-8-10-19(16,17)15(3)12(2)11-13-6-5-9-18-13/h5-6,9,12,14H,4,7-8,10-11H2,1-3H3. The molecule has 0 saturated heterocycles. The van der Waals surface area contributed by atoms with Crippen molar-refractivity contribution in [2.45, 2.75) is 32.7 Å². The van der Waals surface area contributed by atoms with Crippen LogP contribution in [0.1, 0.15) is 25.1 Å². The van der Waals surface area contributed by atoms with Crippen LogP contribution in [0.4, 0.5) is 0 Å². The van der Waals surface area contributed by atoms with E-state index in [9.17, 15) is 8.42 Å². The van der Waals surface area contributed by atoms with Gasteiger partial charge >= 0.3 is 0 Å². The number of nitrogens with one attached hydrogen (secondary N) is 1. The second-order valence-electron chi connectivity index (χ2n) is 4.71. The smallest absolute Gasteiger partial charge is 0.215 e. The molecule has 1 N–H and O–H groups in total. The van der Waals surface area contributed by atoms with Crippen molar-refractivity contribution in [1.29, 1.82) is 0 Å². The maximum absolute atomic E-state index is 12.2. The van der Waals surface area contributed by atoms with Gasteiger partial charge in [0.1, 0.15) is 0 Å². The Balaban J connectivity index is 2.47. The molecular weight excluding hydrogens is 280 g/mol. The summed E-state index contributed by atoms with van der Waals surface area (Å²) in [5.74, 6) is 0.165. The molecule has 110 valence electrons. The maximum atomic E-state index is 12.2. The van der Waals surface area contributed by atoms with E-state index in [-0.39, 0.29) is 11.8 Å². The Morgan fingerprint density at radius 3 is 2.74 bits per heavy atom. The first-order chi connectivity index (χ1) is 8.97. The lowest BCUT2D eigenvalue weighted by Crippen LogP contribution is -2.40. The summed E-state index contributed by atoms with van der Waals surface area (Å²) in [6.07, 6.45) is 1.79. The summed E-state index contributed by atoms with van der Waals surface area (Å²) in [4.78, 5) is 1.22. The van der Waals surface area contributed by atoms with Crippen LogP contribution in [0.25, 0.3) is 0 Å². The first-order valence-corrected chi connectivity index (χ1v) is 9.15. The first-order valence-electron chi connectivity index (χ1n) is 6.66. The van der Waals surface area contributed by atoms with Gasteiger partial charge < -0.3 is 5.32 Å². The van der Waals surface area contributed by atoms with Crippen molar-refractivity contribution in [3.63, 3.8) is 0 Å². The summed E-state index contributed by atoms with van der Waals surface area (Å²) in [5, 5.41) is 5.15. The van der Waals surface area contributed by atoms with Crippen LogP contribution in [0.5, 0.6) is 0 Å². The van der Waals surface area contributed by atoms with E-state index in [0.29, 0.717) is 6.54 Å². The molecule has 0 amide bonds. The van der Waals surface area contributed by atoms with Gasteiger partial charge in [-0.05, 0) is 37.8 Å². The summed E-state index contributed by atoms with van der Waals surface area (Å²) < 4.78 is 25.8. The molecule has 0 bridgehead atoms. The Labute approximate surface area is 120 Å². The molecule has 0 radical (unpaired) electrons. The highest BCUT2D eigenvalue weighted by atomic mass is 32.2. The Morgan fingerprint density at radius 2 is 2.16 bits per heavy atom. The minimum Gasteiger partial charge on any atom is -0.316 e. The van der Waals surface area contributed by atoms with Crippen LogP contribution in [-0.4, -0.2) is 44.7 Å². The van der Waals surface area contributed by atoms with Gasteiger partial charge in [-0.2, -0.15) is 0 Å². The molecule has 4 nitrogen and oxygen atoms in total. The zero-order valence-corrected chi connectivity index (χ0v) is 13.6. The summed E-state index contributed by atoms with van der Waals surface area (Å²) in [6.45, 7) is 5.41. The van der Waals surface area contributed by atoms with Crippen LogP contribution in [0.2, 0.25) is 0 Å². The monoisotopic (exact) mass is 304 g/mol. The Morgan fingerprint density at radius 1 is 1.42 bits per heavy atom. The third kappa shape index (κ3) is 5.60. The van der Waals surface area contributed by atoms with Gasteiger partial charge in [-0.15, -0.1) is 11.3 Å². The number of thiophene rings is 1. The molecule has 0 aliphatic carbocycles. The van der Waals surface area contributed by atoms with Crippen LogP contribution >= 0.6 is 11.3 Å². The van der Waals surface area contributed by atoms with Crippen molar-refractivity contribution in [1.82, 2.24) is 9.62 Å². The molecule has 1 atom stereocenters. The molecule has 1 aromatic heterocycles. The topological polar surface area (TPSA) is 49.4 Å². The third-order valence-electron chi connectivity index (χ3n) is 3.10. The van der Waals surface area contributed by atoms with Crippen LogP contribution < -0.4 is 5.32 Å². The Kier molecular flexibility index (Phi) is 6.99. The number of hydrogen-bond acceptors (Lipinski definition) is 4. The van der Waals surface area contributed by atoms with Gasteiger partial charge in [-0.25, -0.2) is 12.7 Å². The molecule has 0 aromatic carbocycles. The molecular formula is C13H24N2O2S2. The highest BCUT2D eigenvalue weighted by Gasteiger charge is 2.23. The van der Waals surface area contributed by atoms with E-state index in [1.807, 2.05) is 24.4 Å². The zero-order chi connectivity index (χ0) is 14.3. The largest absolute Gasteiger partial charge is 0.316 e. The molecule has 0 aliphatic rings. The average Bonchev–Trinajstić information content (AvgIpc) is 2.86. The molecule has 0 spiro atoms. The molecule has 1 aromatic rings. The fourth-order valence-corrected chi connectivity index (χ4v) is 3.91.